The normalized spacial score (nSPS) is 11.1. The lowest BCUT2D eigenvalue weighted by Gasteiger charge is -1.99. The van der Waals surface area contributed by atoms with Crippen LogP contribution in [0.25, 0.3) is 5.65 Å². The molecule has 0 unspecified atom stereocenters. The SMILES string of the molecule is Cc1ccc2nnc(Cc3cccs3)n2c1. The Kier molecular flexibility index (Phi) is 2.22. The van der Waals surface area contributed by atoms with E-state index in [9.17, 15) is 0 Å². The summed E-state index contributed by atoms with van der Waals surface area (Å²) in [4.78, 5) is 1.32. The third-order valence-electron chi connectivity index (χ3n) is 2.53. The first-order chi connectivity index (χ1) is 7.83. The Balaban J connectivity index is 2.07. The number of rotatable bonds is 2. The molecule has 3 rings (SSSR count). The summed E-state index contributed by atoms with van der Waals surface area (Å²) >= 11 is 1.75. The Morgan fingerprint density at radius 2 is 2.19 bits per heavy atom. The molecule has 0 aliphatic carbocycles. The van der Waals surface area contributed by atoms with Crippen LogP contribution in [0.3, 0.4) is 0 Å². The molecule has 0 saturated carbocycles. The number of nitrogens with zero attached hydrogens (tertiary/aromatic N) is 3. The highest BCUT2D eigenvalue weighted by molar-refractivity contribution is 7.09. The zero-order valence-electron chi connectivity index (χ0n) is 8.92. The second kappa shape index (κ2) is 3.72. The first-order valence-corrected chi connectivity index (χ1v) is 6.03. The van der Waals surface area contributed by atoms with Crippen LogP contribution in [-0.2, 0) is 6.42 Å². The monoisotopic (exact) mass is 229 g/mol. The van der Waals surface area contributed by atoms with Gasteiger partial charge >= 0.3 is 0 Å². The fourth-order valence-corrected chi connectivity index (χ4v) is 2.44. The summed E-state index contributed by atoms with van der Waals surface area (Å²) in [5.74, 6) is 1.00. The number of hydrogen-bond donors (Lipinski definition) is 0. The lowest BCUT2D eigenvalue weighted by Crippen LogP contribution is -1.95. The molecular weight excluding hydrogens is 218 g/mol. The summed E-state index contributed by atoms with van der Waals surface area (Å²) in [6.07, 6.45) is 2.93. The van der Waals surface area contributed by atoms with Gasteiger partial charge < -0.3 is 0 Å². The highest BCUT2D eigenvalue weighted by Crippen LogP contribution is 2.14. The standard InChI is InChI=1S/C12H11N3S/c1-9-4-5-11-13-14-12(15(11)8-9)7-10-3-2-6-16-10/h2-6,8H,7H2,1H3. The molecule has 3 nitrogen and oxygen atoms in total. The fraction of sp³-hybridized carbons (Fsp3) is 0.167. The van der Waals surface area contributed by atoms with Crippen LogP contribution in [-0.4, -0.2) is 14.6 Å². The van der Waals surface area contributed by atoms with E-state index in [1.807, 2.05) is 6.07 Å². The summed E-state index contributed by atoms with van der Waals surface area (Å²) < 4.78 is 2.06. The molecule has 0 fully saturated rings. The van der Waals surface area contributed by atoms with Crippen LogP contribution < -0.4 is 0 Å². The number of aromatic nitrogens is 3. The van der Waals surface area contributed by atoms with Gasteiger partial charge in [0.1, 0.15) is 5.82 Å². The van der Waals surface area contributed by atoms with Crippen LogP contribution >= 0.6 is 11.3 Å². The van der Waals surface area contributed by atoms with E-state index in [1.165, 1.54) is 10.4 Å². The Morgan fingerprint density at radius 1 is 1.25 bits per heavy atom. The Hall–Kier alpha value is -1.68. The average molecular weight is 229 g/mol. The minimum atomic E-state index is 0.849. The van der Waals surface area contributed by atoms with Crippen molar-refractivity contribution in [2.75, 3.05) is 0 Å². The summed E-state index contributed by atoms with van der Waals surface area (Å²) in [6, 6.07) is 8.25. The maximum atomic E-state index is 4.23. The van der Waals surface area contributed by atoms with Gasteiger partial charge in [0.15, 0.2) is 5.65 Å². The highest BCUT2D eigenvalue weighted by Gasteiger charge is 2.06. The van der Waals surface area contributed by atoms with E-state index >= 15 is 0 Å². The van der Waals surface area contributed by atoms with Crippen molar-refractivity contribution >= 4 is 17.0 Å². The molecule has 80 valence electrons. The number of fused-ring (bicyclic) bond motifs is 1. The van der Waals surface area contributed by atoms with E-state index < -0.39 is 0 Å². The van der Waals surface area contributed by atoms with Gasteiger partial charge in [0, 0.05) is 17.5 Å². The number of thiophene rings is 1. The highest BCUT2D eigenvalue weighted by atomic mass is 32.1. The second-order valence-electron chi connectivity index (χ2n) is 3.81. The first kappa shape index (κ1) is 9.54. The zero-order valence-corrected chi connectivity index (χ0v) is 9.74. The molecule has 3 aromatic rings. The number of pyridine rings is 1. The molecule has 0 amide bonds. The van der Waals surface area contributed by atoms with E-state index in [4.69, 9.17) is 0 Å². The van der Waals surface area contributed by atoms with Crippen LogP contribution in [0, 0.1) is 6.92 Å². The molecule has 0 aliphatic heterocycles. The van der Waals surface area contributed by atoms with Crippen LogP contribution in [0.15, 0.2) is 35.8 Å². The van der Waals surface area contributed by atoms with Crippen LogP contribution in [0.2, 0.25) is 0 Å². The van der Waals surface area contributed by atoms with Crippen molar-refractivity contribution < 1.29 is 0 Å². The molecular formula is C12H11N3S. The van der Waals surface area contributed by atoms with E-state index in [0.717, 1.165) is 17.9 Å². The minimum absolute atomic E-state index is 0.849. The van der Waals surface area contributed by atoms with Crippen molar-refractivity contribution in [2.24, 2.45) is 0 Å². The van der Waals surface area contributed by atoms with E-state index in [2.05, 4.69) is 51.3 Å². The van der Waals surface area contributed by atoms with Crippen molar-refractivity contribution in [3.8, 4) is 0 Å². The summed E-state index contributed by atoms with van der Waals surface area (Å²) in [5, 5.41) is 10.5. The molecule has 0 radical (unpaired) electrons. The molecule has 4 heteroatoms. The van der Waals surface area contributed by atoms with E-state index in [0.29, 0.717) is 0 Å². The maximum absolute atomic E-state index is 4.23. The molecule has 0 aliphatic rings. The van der Waals surface area contributed by atoms with Crippen molar-refractivity contribution in [2.45, 2.75) is 13.3 Å². The Bertz CT molecular complexity index is 610. The summed E-state index contributed by atoms with van der Waals surface area (Å²) in [6.45, 7) is 2.08. The molecule has 0 saturated heterocycles. The Labute approximate surface area is 97.4 Å². The predicted molar refractivity (Wildman–Crippen MR) is 64.8 cm³/mol. The molecule has 3 aromatic heterocycles. The van der Waals surface area contributed by atoms with Gasteiger partial charge in [-0.15, -0.1) is 21.5 Å². The molecule has 0 atom stereocenters. The van der Waals surface area contributed by atoms with Crippen molar-refractivity contribution in [1.29, 1.82) is 0 Å². The molecule has 0 aromatic carbocycles. The van der Waals surface area contributed by atoms with Gasteiger partial charge in [-0.2, -0.15) is 0 Å². The van der Waals surface area contributed by atoms with Crippen LogP contribution in [0.1, 0.15) is 16.3 Å². The van der Waals surface area contributed by atoms with E-state index in [1.54, 1.807) is 11.3 Å². The van der Waals surface area contributed by atoms with Gasteiger partial charge in [0.2, 0.25) is 0 Å². The van der Waals surface area contributed by atoms with Gasteiger partial charge in [-0.3, -0.25) is 4.40 Å². The number of aryl methyl sites for hydroxylation is 1. The maximum Gasteiger partial charge on any atom is 0.160 e. The third-order valence-corrected chi connectivity index (χ3v) is 3.41. The van der Waals surface area contributed by atoms with Crippen molar-refractivity contribution in [1.82, 2.24) is 14.6 Å². The van der Waals surface area contributed by atoms with Crippen molar-refractivity contribution in [3.63, 3.8) is 0 Å². The average Bonchev–Trinajstić information content (AvgIpc) is 2.90. The summed E-state index contributed by atoms with van der Waals surface area (Å²) in [7, 11) is 0. The molecule has 0 bridgehead atoms. The lowest BCUT2D eigenvalue weighted by molar-refractivity contribution is 0.941. The third kappa shape index (κ3) is 1.61. The molecule has 16 heavy (non-hydrogen) atoms. The largest absolute Gasteiger partial charge is 0.286 e. The fourth-order valence-electron chi connectivity index (χ4n) is 1.73. The quantitative estimate of drug-likeness (QED) is 0.676. The molecule has 0 N–H and O–H groups in total. The lowest BCUT2D eigenvalue weighted by atomic mass is 10.3. The molecule has 3 heterocycles. The predicted octanol–water partition coefficient (Wildman–Crippen LogP) is 2.69. The van der Waals surface area contributed by atoms with Crippen LogP contribution in [0.5, 0.6) is 0 Å². The zero-order chi connectivity index (χ0) is 11.0. The van der Waals surface area contributed by atoms with Crippen LogP contribution in [0.4, 0.5) is 0 Å². The van der Waals surface area contributed by atoms with Gasteiger partial charge in [-0.1, -0.05) is 12.1 Å². The van der Waals surface area contributed by atoms with Gasteiger partial charge in [0.25, 0.3) is 0 Å². The Morgan fingerprint density at radius 3 is 3.00 bits per heavy atom. The smallest absolute Gasteiger partial charge is 0.160 e. The minimum Gasteiger partial charge on any atom is -0.286 e. The summed E-state index contributed by atoms with van der Waals surface area (Å²) in [5.41, 5.74) is 2.14. The van der Waals surface area contributed by atoms with Gasteiger partial charge in [0.05, 0.1) is 0 Å². The number of hydrogen-bond acceptors (Lipinski definition) is 3. The second-order valence-corrected chi connectivity index (χ2v) is 4.84. The van der Waals surface area contributed by atoms with E-state index in [-0.39, 0.29) is 0 Å². The topological polar surface area (TPSA) is 30.2 Å². The first-order valence-electron chi connectivity index (χ1n) is 5.15. The van der Waals surface area contributed by atoms with Gasteiger partial charge in [-0.25, -0.2) is 0 Å². The molecule has 0 spiro atoms. The van der Waals surface area contributed by atoms with Crippen molar-refractivity contribution in [3.05, 3.63) is 52.1 Å². The van der Waals surface area contributed by atoms with Gasteiger partial charge in [-0.05, 0) is 30.0 Å².